The first-order valence-corrected chi connectivity index (χ1v) is 8.93. The average Bonchev–Trinajstić information content (AvgIpc) is 3.17. The molecule has 25 heavy (non-hydrogen) atoms. The van der Waals surface area contributed by atoms with Gasteiger partial charge >= 0.3 is 0 Å². The van der Waals surface area contributed by atoms with Gasteiger partial charge in [-0.3, -0.25) is 4.79 Å². The monoisotopic (exact) mass is 396 g/mol. The zero-order chi connectivity index (χ0) is 17.8. The van der Waals surface area contributed by atoms with Gasteiger partial charge < -0.3 is 10.6 Å². The van der Waals surface area contributed by atoms with E-state index in [2.05, 4.69) is 25.9 Å². The molecular weight excluding hydrogens is 383 g/mol. The summed E-state index contributed by atoms with van der Waals surface area (Å²) in [6.07, 6.45) is 1.82. The molecule has 10 heteroatoms. The van der Waals surface area contributed by atoms with Crippen molar-refractivity contribution in [2.45, 2.75) is 6.92 Å². The Morgan fingerprint density at radius 1 is 1.24 bits per heavy atom. The summed E-state index contributed by atoms with van der Waals surface area (Å²) in [5, 5.41) is 18.3. The lowest BCUT2D eigenvalue weighted by Gasteiger charge is -2.07. The Hall–Kier alpha value is -2.16. The molecule has 0 aliphatic carbocycles. The van der Waals surface area contributed by atoms with E-state index < -0.39 is 0 Å². The van der Waals surface area contributed by atoms with Crippen molar-refractivity contribution >= 4 is 46.3 Å². The number of hydrogen-bond donors (Lipinski definition) is 2. The van der Waals surface area contributed by atoms with Crippen molar-refractivity contribution in [3.63, 3.8) is 0 Å². The van der Waals surface area contributed by atoms with Crippen LogP contribution in [-0.2, 0) is 0 Å². The van der Waals surface area contributed by atoms with Crippen molar-refractivity contribution in [2.24, 2.45) is 0 Å². The maximum atomic E-state index is 12.0. The first-order chi connectivity index (χ1) is 12.0. The Bertz CT molecular complexity index is 877. The van der Waals surface area contributed by atoms with E-state index in [4.69, 9.17) is 23.2 Å². The minimum Gasteiger partial charge on any atom is -0.367 e. The molecule has 0 aliphatic heterocycles. The molecule has 0 aliphatic rings. The Kier molecular flexibility index (Phi) is 5.52. The Morgan fingerprint density at radius 2 is 2.08 bits per heavy atom. The molecule has 3 aromatic rings. The highest BCUT2D eigenvalue weighted by Gasteiger charge is 2.13. The number of aryl methyl sites for hydroxylation is 1. The molecule has 0 saturated heterocycles. The molecule has 0 atom stereocenters. The van der Waals surface area contributed by atoms with Crippen molar-refractivity contribution in [3.05, 3.63) is 50.4 Å². The van der Waals surface area contributed by atoms with Crippen LogP contribution in [0.25, 0.3) is 5.82 Å². The van der Waals surface area contributed by atoms with Gasteiger partial charge in [-0.2, -0.15) is 5.10 Å². The summed E-state index contributed by atoms with van der Waals surface area (Å²) in [4.78, 5) is 12.0. The zero-order valence-corrected chi connectivity index (χ0v) is 15.5. The van der Waals surface area contributed by atoms with Crippen LogP contribution in [0, 0.1) is 6.92 Å². The van der Waals surface area contributed by atoms with Gasteiger partial charge in [0.1, 0.15) is 10.2 Å². The number of nitrogens with one attached hydrogen (secondary N) is 2. The fourth-order valence-electron chi connectivity index (χ4n) is 2.04. The van der Waals surface area contributed by atoms with Gasteiger partial charge in [0.05, 0.1) is 15.6 Å². The fraction of sp³-hybridized carbons (Fsp3) is 0.200. The molecule has 0 unspecified atom stereocenters. The highest BCUT2D eigenvalue weighted by atomic mass is 35.5. The molecule has 0 fully saturated rings. The Labute approximate surface area is 158 Å². The SMILES string of the molecule is Cc1ccn(-c2ccc(NCCNC(=O)c3cc(Cl)sc3Cl)nn2)n1. The molecule has 130 valence electrons. The van der Waals surface area contributed by atoms with Gasteiger partial charge in [-0.05, 0) is 31.2 Å². The van der Waals surface area contributed by atoms with E-state index in [0.29, 0.717) is 39.0 Å². The smallest absolute Gasteiger partial charge is 0.253 e. The Balaban J connectivity index is 1.47. The second-order valence-electron chi connectivity index (χ2n) is 5.10. The van der Waals surface area contributed by atoms with Crippen LogP contribution < -0.4 is 10.6 Å². The minimum absolute atomic E-state index is 0.259. The molecule has 1 amide bonds. The predicted molar refractivity (Wildman–Crippen MR) is 99.1 cm³/mol. The van der Waals surface area contributed by atoms with E-state index in [1.165, 1.54) is 0 Å². The summed E-state index contributed by atoms with van der Waals surface area (Å²) < 4.78 is 2.52. The molecule has 0 spiro atoms. The quantitative estimate of drug-likeness (QED) is 0.624. The summed E-state index contributed by atoms with van der Waals surface area (Å²) in [6, 6.07) is 7.06. The van der Waals surface area contributed by atoms with Crippen LogP contribution in [0.3, 0.4) is 0 Å². The van der Waals surface area contributed by atoms with Crippen LogP contribution in [0.5, 0.6) is 0 Å². The molecule has 0 bridgehead atoms. The van der Waals surface area contributed by atoms with E-state index in [1.54, 1.807) is 16.8 Å². The first kappa shape index (κ1) is 17.7. The van der Waals surface area contributed by atoms with Gasteiger partial charge in [-0.1, -0.05) is 23.2 Å². The summed E-state index contributed by atoms with van der Waals surface area (Å²) in [5.74, 6) is 0.986. The maximum Gasteiger partial charge on any atom is 0.253 e. The number of carbonyl (C=O) groups excluding carboxylic acids is 1. The third-order valence-electron chi connectivity index (χ3n) is 3.23. The summed E-state index contributed by atoms with van der Waals surface area (Å²) >= 11 is 12.9. The van der Waals surface area contributed by atoms with E-state index in [9.17, 15) is 4.79 Å². The molecule has 0 saturated carbocycles. The van der Waals surface area contributed by atoms with Gasteiger partial charge in [0.2, 0.25) is 0 Å². The van der Waals surface area contributed by atoms with Gasteiger partial charge in [-0.25, -0.2) is 4.68 Å². The fourth-order valence-corrected chi connectivity index (χ4v) is 3.50. The zero-order valence-electron chi connectivity index (χ0n) is 13.2. The number of amides is 1. The molecular formula is C15H14Cl2N6OS. The maximum absolute atomic E-state index is 12.0. The number of nitrogens with zero attached hydrogens (tertiary/aromatic N) is 4. The molecule has 0 aromatic carbocycles. The van der Waals surface area contributed by atoms with E-state index in [1.807, 2.05) is 25.3 Å². The van der Waals surface area contributed by atoms with E-state index in [0.717, 1.165) is 17.0 Å². The average molecular weight is 397 g/mol. The number of halogens is 2. The third kappa shape index (κ3) is 4.47. The lowest BCUT2D eigenvalue weighted by molar-refractivity contribution is 0.0956. The highest BCUT2D eigenvalue weighted by Crippen LogP contribution is 2.30. The number of rotatable bonds is 6. The van der Waals surface area contributed by atoms with Crippen molar-refractivity contribution in [2.75, 3.05) is 18.4 Å². The van der Waals surface area contributed by atoms with Gasteiger partial charge in [-0.15, -0.1) is 21.5 Å². The van der Waals surface area contributed by atoms with Crippen LogP contribution in [0.4, 0.5) is 5.82 Å². The van der Waals surface area contributed by atoms with Crippen molar-refractivity contribution in [1.29, 1.82) is 0 Å². The van der Waals surface area contributed by atoms with Crippen LogP contribution in [0.1, 0.15) is 16.1 Å². The molecule has 2 N–H and O–H groups in total. The number of thiophene rings is 1. The van der Waals surface area contributed by atoms with E-state index in [-0.39, 0.29) is 5.91 Å². The van der Waals surface area contributed by atoms with Crippen molar-refractivity contribution in [3.8, 4) is 5.82 Å². The minimum atomic E-state index is -0.259. The summed E-state index contributed by atoms with van der Waals surface area (Å²) in [5.41, 5.74) is 1.29. The molecule has 3 heterocycles. The van der Waals surface area contributed by atoms with Crippen molar-refractivity contribution < 1.29 is 4.79 Å². The lowest BCUT2D eigenvalue weighted by atomic mass is 10.3. The topological polar surface area (TPSA) is 84.7 Å². The lowest BCUT2D eigenvalue weighted by Crippen LogP contribution is -2.28. The largest absolute Gasteiger partial charge is 0.367 e. The second-order valence-corrected chi connectivity index (χ2v) is 7.38. The van der Waals surface area contributed by atoms with Crippen LogP contribution >= 0.6 is 34.5 Å². The number of hydrogen-bond acceptors (Lipinski definition) is 6. The second kappa shape index (κ2) is 7.81. The highest BCUT2D eigenvalue weighted by molar-refractivity contribution is 7.20. The third-order valence-corrected chi connectivity index (χ3v) is 4.71. The number of carbonyl (C=O) groups is 1. The molecule has 3 rings (SSSR count). The van der Waals surface area contributed by atoms with Crippen LogP contribution in [-0.4, -0.2) is 39.0 Å². The molecule has 7 nitrogen and oxygen atoms in total. The van der Waals surface area contributed by atoms with Crippen LogP contribution in [0.15, 0.2) is 30.5 Å². The van der Waals surface area contributed by atoms with Gasteiger partial charge in [0.25, 0.3) is 5.91 Å². The predicted octanol–water partition coefficient (Wildman–Crippen LogP) is 3.18. The normalized spacial score (nSPS) is 10.7. The standard InChI is InChI=1S/C15H14Cl2N6OS/c1-9-4-7-23(22-9)13-3-2-12(20-21-13)18-5-6-19-15(24)10-8-11(16)25-14(10)17/h2-4,7-8H,5-6H2,1H3,(H,18,20)(H,19,24). The van der Waals surface area contributed by atoms with Gasteiger partial charge in [0, 0.05) is 19.3 Å². The van der Waals surface area contributed by atoms with Gasteiger partial charge in [0.15, 0.2) is 5.82 Å². The molecule has 0 radical (unpaired) electrons. The Morgan fingerprint density at radius 3 is 2.68 bits per heavy atom. The molecule has 3 aromatic heterocycles. The van der Waals surface area contributed by atoms with Crippen LogP contribution in [0.2, 0.25) is 8.67 Å². The first-order valence-electron chi connectivity index (χ1n) is 7.36. The van der Waals surface area contributed by atoms with E-state index >= 15 is 0 Å². The summed E-state index contributed by atoms with van der Waals surface area (Å²) in [6.45, 7) is 2.81. The number of anilines is 1. The number of aromatic nitrogens is 4. The van der Waals surface area contributed by atoms with Crippen molar-refractivity contribution in [1.82, 2.24) is 25.3 Å². The summed E-state index contributed by atoms with van der Waals surface area (Å²) in [7, 11) is 0.